The van der Waals surface area contributed by atoms with Gasteiger partial charge in [-0.25, -0.2) is 4.39 Å². The Kier molecular flexibility index (Phi) is 9.17. The van der Waals surface area contributed by atoms with Crippen molar-refractivity contribution < 1.29 is 19.4 Å². The first-order valence-corrected chi connectivity index (χ1v) is 10.3. The quantitative estimate of drug-likeness (QED) is 0.455. The molecule has 0 bridgehead atoms. The molecule has 3 atom stereocenters. The monoisotopic (exact) mass is 473 g/mol. The second-order valence-corrected chi connectivity index (χ2v) is 7.86. The highest BCUT2D eigenvalue weighted by Crippen LogP contribution is 2.29. The Balaban J connectivity index is 0.000000297. The minimum Gasteiger partial charge on any atom is -0.481 e. The molecule has 4 nitrogen and oxygen atoms in total. The van der Waals surface area contributed by atoms with Gasteiger partial charge < -0.3 is 15.9 Å². The van der Waals surface area contributed by atoms with E-state index in [0.717, 1.165) is 5.56 Å². The predicted molar refractivity (Wildman–Crippen MR) is 119 cm³/mol. The minimum atomic E-state index is -1.41. The molecule has 0 unspecified atom stereocenters. The van der Waals surface area contributed by atoms with Gasteiger partial charge in [0.2, 0.25) is 0 Å². The molecule has 0 amide bonds. The third-order valence-corrected chi connectivity index (χ3v) is 5.10. The SMILES string of the molecule is C[C@@H](N)c1ccccc1.O=C(O)[C@H](Cc1ccccc1)[C@@H](O)c1ccc(Br)cc1F. The van der Waals surface area contributed by atoms with Gasteiger partial charge in [-0.3, -0.25) is 4.79 Å². The molecule has 0 aliphatic carbocycles. The first kappa shape index (κ1) is 23.7. The van der Waals surface area contributed by atoms with Crippen molar-refractivity contribution in [3.63, 3.8) is 0 Å². The van der Waals surface area contributed by atoms with E-state index in [2.05, 4.69) is 15.9 Å². The van der Waals surface area contributed by atoms with Crippen molar-refractivity contribution in [2.45, 2.75) is 25.5 Å². The molecule has 0 spiro atoms. The van der Waals surface area contributed by atoms with Crippen molar-refractivity contribution in [2.75, 3.05) is 0 Å². The summed E-state index contributed by atoms with van der Waals surface area (Å²) in [4.78, 5) is 11.4. The molecule has 4 N–H and O–H groups in total. The molecule has 158 valence electrons. The topological polar surface area (TPSA) is 83.6 Å². The summed E-state index contributed by atoms with van der Waals surface area (Å²) in [5.74, 6) is -2.90. The van der Waals surface area contributed by atoms with Crippen LogP contribution in [-0.4, -0.2) is 16.2 Å². The molecular weight excluding hydrogens is 449 g/mol. The van der Waals surface area contributed by atoms with Gasteiger partial charge in [0.05, 0.1) is 12.0 Å². The number of aliphatic hydroxyl groups is 1. The van der Waals surface area contributed by atoms with Crippen LogP contribution in [0.25, 0.3) is 0 Å². The largest absolute Gasteiger partial charge is 0.481 e. The number of carboxylic acids is 1. The van der Waals surface area contributed by atoms with Gasteiger partial charge in [0, 0.05) is 16.1 Å². The van der Waals surface area contributed by atoms with Crippen LogP contribution in [-0.2, 0) is 11.2 Å². The molecular formula is C24H25BrFNO3. The number of aliphatic carboxylic acids is 1. The minimum absolute atomic E-state index is 0.0125. The lowest BCUT2D eigenvalue weighted by Crippen LogP contribution is -2.25. The first-order valence-electron chi connectivity index (χ1n) is 9.50. The molecule has 0 aromatic heterocycles. The molecule has 3 rings (SSSR count). The van der Waals surface area contributed by atoms with Gasteiger partial charge in [0.25, 0.3) is 0 Å². The maximum absolute atomic E-state index is 13.9. The lowest BCUT2D eigenvalue weighted by Gasteiger charge is -2.20. The molecule has 0 radical (unpaired) electrons. The summed E-state index contributed by atoms with van der Waals surface area (Å²) in [5.41, 5.74) is 7.57. The second-order valence-electron chi connectivity index (χ2n) is 6.94. The average Bonchev–Trinajstić information content (AvgIpc) is 2.73. The third kappa shape index (κ3) is 7.06. The van der Waals surface area contributed by atoms with Crippen LogP contribution >= 0.6 is 15.9 Å². The van der Waals surface area contributed by atoms with E-state index < -0.39 is 23.8 Å². The Bertz CT molecular complexity index is 936. The summed E-state index contributed by atoms with van der Waals surface area (Å²) in [5, 5.41) is 19.6. The molecule has 30 heavy (non-hydrogen) atoms. The highest BCUT2D eigenvalue weighted by atomic mass is 79.9. The van der Waals surface area contributed by atoms with Crippen LogP contribution < -0.4 is 5.73 Å². The Morgan fingerprint density at radius 1 is 1.03 bits per heavy atom. The zero-order valence-corrected chi connectivity index (χ0v) is 18.2. The number of hydrogen-bond donors (Lipinski definition) is 3. The lowest BCUT2D eigenvalue weighted by molar-refractivity contribution is -0.145. The van der Waals surface area contributed by atoms with Crippen LogP contribution in [0, 0.1) is 11.7 Å². The fourth-order valence-corrected chi connectivity index (χ4v) is 3.25. The number of carboxylic acid groups (broad SMARTS) is 1. The van der Waals surface area contributed by atoms with E-state index in [1.54, 1.807) is 30.3 Å². The Hall–Kier alpha value is -2.54. The second kappa shape index (κ2) is 11.6. The van der Waals surface area contributed by atoms with Crippen molar-refractivity contribution in [3.05, 3.63) is 106 Å². The number of hydrogen-bond acceptors (Lipinski definition) is 3. The zero-order chi connectivity index (χ0) is 22.1. The lowest BCUT2D eigenvalue weighted by atomic mass is 9.89. The van der Waals surface area contributed by atoms with E-state index >= 15 is 0 Å². The van der Waals surface area contributed by atoms with Gasteiger partial charge >= 0.3 is 5.97 Å². The van der Waals surface area contributed by atoms with Crippen LogP contribution in [0.1, 0.15) is 35.8 Å². The number of aliphatic hydroxyl groups excluding tert-OH is 1. The van der Waals surface area contributed by atoms with Gasteiger partial charge in [-0.15, -0.1) is 0 Å². The number of rotatable bonds is 6. The fraction of sp³-hybridized carbons (Fsp3) is 0.208. The smallest absolute Gasteiger partial charge is 0.309 e. The number of carbonyl (C=O) groups is 1. The molecule has 6 heteroatoms. The van der Waals surface area contributed by atoms with E-state index in [-0.39, 0.29) is 18.0 Å². The number of benzene rings is 3. The van der Waals surface area contributed by atoms with E-state index in [9.17, 15) is 19.4 Å². The molecule has 0 heterocycles. The normalized spacial score (nSPS) is 13.5. The van der Waals surface area contributed by atoms with Crippen molar-refractivity contribution in [2.24, 2.45) is 11.7 Å². The van der Waals surface area contributed by atoms with Crippen LogP contribution in [0.15, 0.2) is 83.3 Å². The van der Waals surface area contributed by atoms with Crippen LogP contribution in [0.3, 0.4) is 0 Å². The van der Waals surface area contributed by atoms with Gasteiger partial charge in [-0.1, -0.05) is 82.7 Å². The van der Waals surface area contributed by atoms with Gasteiger partial charge in [0.1, 0.15) is 5.82 Å². The first-order chi connectivity index (χ1) is 14.3. The van der Waals surface area contributed by atoms with Crippen LogP contribution in [0.5, 0.6) is 0 Å². The van der Waals surface area contributed by atoms with E-state index in [0.29, 0.717) is 4.47 Å². The van der Waals surface area contributed by atoms with E-state index in [4.69, 9.17) is 5.73 Å². The molecule has 3 aromatic carbocycles. The maximum atomic E-state index is 13.9. The molecule has 0 aliphatic rings. The molecule has 3 aromatic rings. The van der Waals surface area contributed by atoms with Gasteiger partial charge in [0.15, 0.2) is 0 Å². The summed E-state index contributed by atoms with van der Waals surface area (Å²) in [6.45, 7) is 1.98. The number of nitrogens with two attached hydrogens (primary N) is 1. The van der Waals surface area contributed by atoms with Crippen molar-refractivity contribution >= 4 is 21.9 Å². The molecule has 0 saturated carbocycles. The zero-order valence-electron chi connectivity index (χ0n) is 16.6. The summed E-state index contributed by atoms with van der Waals surface area (Å²) in [7, 11) is 0. The van der Waals surface area contributed by atoms with E-state index in [1.807, 2.05) is 43.3 Å². The summed E-state index contributed by atoms with van der Waals surface area (Å²) in [6, 6.07) is 23.4. The Morgan fingerprint density at radius 2 is 1.60 bits per heavy atom. The number of halogens is 2. The predicted octanol–water partition coefficient (Wildman–Crippen LogP) is 5.27. The maximum Gasteiger partial charge on any atom is 0.309 e. The Morgan fingerprint density at radius 3 is 2.07 bits per heavy atom. The van der Waals surface area contributed by atoms with E-state index in [1.165, 1.54) is 17.7 Å². The highest BCUT2D eigenvalue weighted by Gasteiger charge is 2.29. The van der Waals surface area contributed by atoms with Crippen LogP contribution in [0.4, 0.5) is 4.39 Å². The van der Waals surface area contributed by atoms with Crippen molar-refractivity contribution in [1.82, 2.24) is 0 Å². The molecule has 0 aliphatic heterocycles. The van der Waals surface area contributed by atoms with Gasteiger partial charge in [-0.05, 0) is 36.6 Å². The van der Waals surface area contributed by atoms with Crippen molar-refractivity contribution in [1.29, 1.82) is 0 Å². The highest BCUT2D eigenvalue weighted by molar-refractivity contribution is 9.10. The molecule has 0 fully saturated rings. The molecule has 0 saturated heterocycles. The summed E-state index contributed by atoms with van der Waals surface area (Å²) in [6.07, 6.45) is -1.27. The third-order valence-electron chi connectivity index (χ3n) is 4.60. The average molecular weight is 474 g/mol. The van der Waals surface area contributed by atoms with Gasteiger partial charge in [-0.2, -0.15) is 0 Å². The fourth-order valence-electron chi connectivity index (χ4n) is 2.92. The standard InChI is InChI=1S/C16H14BrFO3.C8H11N/c17-11-6-7-12(14(18)9-11)15(19)13(16(20)21)8-10-4-2-1-3-5-10;1-7(9)8-5-3-2-4-6-8/h1-7,9,13,15,19H,8H2,(H,20,21);2-7H,9H2,1H3/t13-,15+;7-/m11/s1. The van der Waals surface area contributed by atoms with Crippen LogP contribution in [0.2, 0.25) is 0 Å². The Labute approximate surface area is 184 Å². The summed E-state index contributed by atoms with van der Waals surface area (Å²) < 4.78 is 14.4. The summed E-state index contributed by atoms with van der Waals surface area (Å²) >= 11 is 3.13. The van der Waals surface area contributed by atoms with Crippen molar-refractivity contribution in [3.8, 4) is 0 Å².